The fourth-order valence-corrected chi connectivity index (χ4v) is 6.04. The summed E-state index contributed by atoms with van der Waals surface area (Å²) in [6, 6.07) is 17.0. The van der Waals surface area contributed by atoms with Crippen LogP contribution >= 0.6 is 11.3 Å². The number of aromatic nitrogens is 1. The van der Waals surface area contributed by atoms with E-state index in [1.165, 1.54) is 15.0 Å². The Balaban J connectivity index is 0.000000505. The van der Waals surface area contributed by atoms with Crippen LogP contribution in [0.15, 0.2) is 54.7 Å². The molecule has 10 heteroatoms. The van der Waals surface area contributed by atoms with Gasteiger partial charge in [-0.05, 0) is 80.1 Å². The highest BCUT2D eigenvalue weighted by atomic mass is 32.1. The molecule has 2 aromatic heterocycles. The number of β-amino-alcohol motifs (C(OH)–C–C–N with tert-alkyl or cyclic N) is 1. The summed E-state index contributed by atoms with van der Waals surface area (Å²) < 4.78 is 12.6. The number of fused-ring (bicyclic) bond motifs is 2. The highest BCUT2D eigenvalue weighted by Crippen LogP contribution is 2.39. The third kappa shape index (κ3) is 6.63. The Morgan fingerprint density at radius 2 is 1.95 bits per heavy atom. The van der Waals surface area contributed by atoms with E-state index in [1.807, 2.05) is 47.9 Å². The Morgan fingerprint density at radius 1 is 1.16 bits per heavy atom. The second-order valence-corrected chi connectivity index (χ2v) is 10.5. The third-order valence-corrected chi connectivity index (χ3v) is 8.04. The van der Waals surface area contributed by atoms with E-state index in [2.05, 4.69) is 35.0 Å². The van der Waals surface area contributed by atoms with Gasteiger partial charge >= 0.3 is 11.9 Å². The average molecular weight is 541 g/mol. The number of hydrogen-bond acceptors (Lipinski definition) is 7. The van der Waals surface area contributed by atoms with Gasteiger partial charge < -0.3 is 29.8 Å². The lowest BCUT2D eigenvalue weighted by Crippen LogP contribution is -2.45. The maximum absolute atomic E-state index is 10.6. The van der Waals surface area contributed by atoms with Crippen LogP contribution in [0, 0.1) is 0 Å². The summed E-state index contributed by atoms with van der Waals surface area (Å²) in [7, 11) is 1.72. The Hall–Kier alpha value is -3.60. The van der Waals surface area contributed by atoms with Crippen molar-refractivity contribution < 1.29 is 34.4 Å². The Morgan fingerprint density at radius 3 is 2.66 bits per heavy atom. The van der Waals surface area contributed by atoms with E-state index < -0.39 is 18.0 Å². The SMILES string of the molecule is COc1ccc2cc([C@H]3CCN(C[C@H](O)COc4cccc5[nH]ccc45)[C@@H](C)C3)sc2c1.O=C(O)C(=O)O. The maximum Gasteiger partial charge on any atom is 0.414 e. The van der Waals surface area contributed by atoms with Crippen molar-refractivity contribution in [3.05, 3.63) is 59.6 Å². The smallest absolute Gasteiger partial charge is 0.414 e. The number of carboxylic acid groups (broad SMARTS) is 2. The van der Waals surface area contributed by atoms with Crippen LogP contribution in [0.2, 0.25) is 0 Å². The van der Waals surface area contributed by atoms with Crippen LogP contribution in [0.25, 0.3) is 21.0 Å². The summed E-state index contributed by atoms with van der Waals surface area (Å²) in [5, 5.41) is 27.8. The minimum Gasteiger partial charge on any atom is -0.497 e. The molecule has 0 bridgehead atoms. The van der Waals surface area contributed by atoms with Crippen molar-refractivity contribution in [3.8, 4) is 11.5 Å². The molecule has 0 saturated carbocycles. The Bertz CT molecular complexity index is 1390. The number of aliphatic hydroxyl groups is 1. The fraction of sp³-hybridized carbons (Fsp3) is 0.357. The summed E-state index contributed by atoms with van der Waals surface area (Å²) in [5.41, 5.74) is 1.05. The van der Waals surface area contributed by atoms with Gasteiger partial charge in [-0.3, -0.25) is 4.90 Å². The van der Waals surface area contributed by atoms with Crippen LogP contribution in [0.5, 0.6) is 11.5 Å². The number of hydrogen-bond donors (Lipinski definition) is 4. The van der Waals surface area contributed by atoms with Gasteiger partial charge in [-0.25, -0.2) is 9.59 Å². The number of thiophene rings is 1. The molecule has 3 atom stereocenters. The standard InChI is InChI=1S/C26H30N2O3S.C2H2O4/c1-17-12-19(25-13-18-6-7-21(30-2)14-26(18)32-25)9-11-28(17)15-20(29)16-31-24-5-3-4-23-22(24)8-10-27-23;3-1(4)2(5)6/h3-8,10,13-14,17,19-20,27,29H,9,11-12,15-16H2,1-2H3;(H,3,4)(H,5,6)/t17-,19-,20-;/m0./s1. The molecule has 1 aliphatic rings. The lowest BCUT2D eigenvalue weighted by molar-refractivity contribution is -0.159. The number of aliphatic carboxylic acids is 2. The van der Waals surface area contributed by atoms with Crippen LogP contribution < -0.4 is 9.47 Å². The summed E-state index contributed by atoms with van der Waals surface area (Å²) in [6.45, 7) is 4.21. The Kier molecular flexibility index (Phi) is 8.88. The number of H-pyrrole nitrogens is 1. The van der Waals surface area contributed by atoms with Gasteiger partial charge in [-0.1, -0.05) is 6.07 Å². The van der Waals surface area contributed by atoms with Gasteiger partial charge in [0.2, 0.25) is 0 Å². The first-order valence-corrected chi connectivity index (χ1v) is 13.2. The van der Waals surface area contributed by atoms with E-state index in [1.54, 1.807) is 7.11 Å². The number of nitrogens with zero attached hydrogens (tertiary/aromatic N) is 1. The van der Waals surface area contributed by atoms with Gasteiger partial charge in [0, 0.05) is 39.3 Å². The second kappa shape index (κ2) is 12.3. The van der Waals surface area contributed by atoms with Crippen molar-refractivity contribution in [1.82, 2.24) is 9.88 Å². The number of ether oxygens (including phenoxy) is 2. The van der Waals surface area contributed by atoms with Gasteiger partial charge in [0.05, 0.1) is 7.11 Å². The van der Waals surface area contributed by atoms with Gasteiger partial charge in [0.1, 0.15) is 24.2 Å². The van der Waals surface area contributed by atoms with E-state index in [9.17, 15) is 5.11 Å². The van der Waals surface area contributed by atoms with Crippen molar-refractivity contribution >= 4 is 44.3 Å². The molecule has 1 saturated heterocycles. The van der Waals surface area contributed by atoms with Crippen LogP contribution in [0.4, 0.5) is 0 Å². The molecule has 2 aromatic carbocycles. The molecule has 202 valence electrons. The number of aliphatic hydroxyl groups excluding tert-OH is 1. The van der Waals surface area contributed by atoms with Gasteiger partial charge in [0.25, 0.3) is 0 Å². The molecule has 4 aromatic rings. The van der Waals surface area contributed by atoms with Crippen LogP contribution in [-0.2, 0) is 9.59 Å². The first-order chi connectivity index (χ1) is 18.2. The minimum atomic E-state index is -1.82. The van der Waals surface area contributed by atoms with E-state index in [0.717, 1.165) is 41.8 Å². The number of methoxy groups -OCH3 is 1. The van der Waals surface area contributed by atoms with Crippen molar-refractivity contribution in [2.24, 2.45) is 0 Å². The number of carbonyl (C=O) groups is 2. The summed E-state index contributed by atoms with van der Waals surface area (Å²) in [4.78, 5) is 25.3. The summed E-state index contributed by atoms with van der Waals surface area (Å²) in [6.07, 6.45) is 3.62. The predicted octanol–water partition coefficient (Wildman–Crippen LogP) is 4.55. The molecule has 9 nitrogen and oxygen atoms in total. The van der Waals surface area contributed by atoms with Crippen LogP contribution in [0.1, 0.15) is 30.6 Å². The van der Waals surface area contributed by atoms with E-state index in [0.29, 0.717) is 25.1 Å². The van der Waals surface area contributed by atoms with E-state index in [4.69, 9.17) is 29.3 Å². The number of piperidine rings is 1. The summed E-state index contributed by atoms with van der Waals surface area (Å²) in [5.74, 6) is -1.34. The quantitative estimate of drug-likeness (QED) is 0.251. The molecule has 4 N–H and O–H groups in total. The lowest BCUT2D eigenvalue weighted by Gasteiger charge is -2.38. The predicted molar refractivity (Wildman–Crippen MR) is 146 cm³/mol. The molecule has 0 radical (unpaired) electrons. The fourth-order valence-electron chi connectivity index (χ4n) is 4.80. The number of aromatic amines is 1. The van der Waals surface area contributed by atoms with E-state index >= 15 is 0 Å². The molecular formula is C28H32N2O7S. The van der Waals surface area contributed by atoms with Gasteiger partial charge in [0.15, 0.2) is 0 Å². The topological polar surface area (TPSA) is 132 Å². The molecule has 1 aliphatic heterocycles. The zero-order valence-corrected chi connectivity index (χ0v) is 22.1. The third-order valence-electron chi connectivity index (χ3n) is 6.78. The largest absolute Gasteiger partial charge is 0.497 e. The zero-order chi connectivity index (χ0) is 27.2. The number of nitrogens with one attached hydrogen (secondary N) is 1. The minimum absolute atomic E-state index is 0.301. The highest BCUT2D eigenvalue weighted by molar-refractivity contribution is 7.19. The van der Waals surface area contributed by atoms with Crippen LogP contribution in [-0.4, -0.2) is 76.1 Å². The van der Waals surface area contributed by atoms with Crippen molar-refractivity contribution in [2.75, 3.05) is 26.8 Å². The molecule has 38 heavy (non-hydrogen) atoms. The number of likely N-dealkylation sites (tertiary alicyclic amines) is 1. The van der Waals surface area contributed by atoms with E-state index in [-0.39, 0.29) is 0 Å². The molecule has 0 amide bonds. The second-order valence-electron chi connectivity index (χ2n) is 9.39. The summed E-state index contributed by atoms with van der Waals surface area (Å²) >= 11 is 1.89. The molecule has 3 heterocycles. The molecule has 5 rings (SSSR count). The highest BCUT2D eigenvalue weighted by Gasteiger charge is 2.29. The Labute approximate surface area is 224 Å². The monoisotopic (exact) mass is 540 g/mol. The molecule has 1 fully saturated rings. The molecule has 0 unspecified atom stereocenters. The van der Waals surface area contributed by atoms with Crippen molar-refractivity contribution in [3.63, 3.8) is 0 Å². The van der Waals surface area contributed by atoms with Crippen molar-refractivity contribution in [1.29, 1.82) is 0 Å². The number of benzene rings is 2. The molecular weight excluding hydrogens is 508 g/mol. The number of carboxylic acids is 2. The lowest BCUT2D eigenvalue weighted by atomic mass is 9.90. The van der Waals surface area contributed by atoms with Gasteiger partial charge in [-0.2, -0.15) is 0 Å². The average Bonchev–Trinajstić information content (AvgIpc) is 3.56. The van der Waals surface area contributed by atoms with Gasteiger partial charge in [-0.15, -0.1) is 11.3 Å². The zero-order valence-electron chi connectivity index (χ0n) is 21.3. The maximum atomic E-state index is 10.6. The normalized spacial score (nSPS) is 18.5. The molecule has 0 spiro atoms. The van der Waals surface area contributed by atoms with Crippen molar-refractivity contribution in [2.45, 2.75) is 37.8 Å². The first kappa shape index (κ1) is 27.4. The molecule has 0 aliphatic carbocycles. The van der Waals surface area contributed by atoms with Crippen LogP contribution in [0.3, 0.4) is 0 Å². The first-order valence-electron chi connectivity index (χ1n) is 12.4. The number of rotatable bonds is 7.